The molecule has 2 aromatic carbocycles. The van der Waals surface area contributed by atoms with E-state index < -0.39 is 29.1 Å². The zero-order valence-corrected chi connectivity index (χ0v) is 16.8. The molecule has 0 radical (unpaired) electrons. The molecule has 0 aliphatic heterocycles. The molecule has 0 aliphatic rings. The van der Waals surface area contributed by atoms with Crippen molar-refractivity contribution in [1.82, 2.24) is 0 Å². The van der Waals surface area contributed by atoms with E-state index >= 15 is 4.39 Å². The van der Waals surface area contributed by atoms with Crippen LogP contribution in [0.1, 0.15) is 67.9 Å². The Labute approximate surface area is 164 Å². The molecule has 2 aromatic rings. The minimum Gasteiger partial charge on any atom is -0.460 e. The van der Waals surface area contributed by atoms with Crippen LogP contribution < -0.4 is 0 Å². The number of esters is 1. The number of hydrogen-bond donors (Lipinski definition) is 0. The monoisotopic (exact) mass is 390 g/mol. The molecular formula is C22H24ClFO3. The normalized spacial score (nSPS) is 12.5. The molecule has 27 heavy (non-hydrogen) atoms. The van der Waals surface area contributed by atoms with E-state index in [1.165, 1.54) is 12.1 Å². The molecule has 0 spiro atoms. The predicted molar refractivity (Wildman–Crippen MR) is 105 cm³/mol. The second kappa shape index (κ2) is 8.66. The zero-order chi connectivity index (χ0) is 20.2. The summed E-state index contributed by atoms with van der Waals surface area (Å²) in [6.45, 7) is 7.21. The van der Waals surface area contributed by atoms with Crippen molar-refractivity contribution in [2.45, 2.75) is 52.1 Å². The van der Waals surface area contributed by atoms with Crippen molar-refractivity contribution in [3.8, 4) is 0 Å². The van der Waals surface area contributed by atoms with Gasteiger partial charge in [0.2, 0.25) is 0 Å². The summed E-state index contributed by atoms with van der Waals surface area (Å²) in [5.41, 5.74) is -0.117. The Kier molecular flexibility index (Phi) is 6.77. The minimum absolute atomic E-state index is 0.0330. The van der Waals surface area contributed by atoms with E-state index in [4.69, 9.17) is 16.3 Å². The van der Waals surface area contributed by atoms with Gasteiger partial charge in [0.05, 0.1) is 17.0 Å². The van der Waals surface area contributed by atoms with E-state index in [1.807, 2.05) is 6.92 Å². The van der Waals surface area contributed by atoms with Gasteiger partial charge in [-0.3, -0.25) is 9.59 Å². The first kappa shape index (κ1) is 21.1. The minimum atomic E-state index is -0.674. The highest BCUT2D eigenvalue weighted by molar-refractivity contribution is 6.35. The van der Waals surface area contributed by atoms with E-state index in [9.17, 15) is 9.59 Å². The first-order valence-corrected chi connectivity index (χ1v) is 9.31. The lowest BCUT2D eigenvalue weighted by atomic mass is 9.89. The number of carbonyl (C=O) groups is 2. The van der Waals surface area contributed by atoms with Gasteiger partial charge < -0.3 is 4.74 Å². The molecule has 5 heteroatoms. The third-order valence-electron chi connectivity index (χ3n) is 4.15. The average molecular weight is 391 g/mol. The number of benzene rings is 2. The first-order chi connectivity index (χ1) is 12.6. The van der Waals surface area contributed by atoms with E-state index in [0.29, 0.717) is 17.5 Å². The second-order valence-corrected chi connectivity index (χ2v) is 7.82. The first-order valence-electron chi connectivity index (χ1n) is 8.93. The summed E-state index contributed by atoms with van der Waals surface area (Å²) in [6.07, 6.45) is 0.558. The van der Waals surface area contributed by atoms with Gasteiger partial charge in [-0.05, 0) is 44.7 Å². The van der Waals surface area contributed by atoms with Crippen LogP contribution in [0.25, 0.3) is 0 Å². The summed E-state index contributed by atoms with van der Waals surface area (Å²) in [5.74, 6) is -1.96. The summed E-state index contributed by atoms with van der Waals surface area (Å²) >= 11 is 6.13. The van der Waals surface area contributed by atoms with E-state index in [2.05, 4.69) is 0 Å². The van der Waals surface area contributed by atoms with Crippen LogP contribution in [-0.4, -0.2) is 17.4 Å². The van der Waals surface area contributed by atoms with Gasteiger partial charge >= 0.3 is 5.97 Å². The largest absolute Gasteiger partial charge is 0.460 e. The molecule has 0 saturated heterocycles. The molecule has 0 amide bonds. The number of ketones is 1. The highest BCUT2D eigenvalue weighted by Crippen LogP contribution is 2.33. The summed E-state index contributed by atoms with van der Waals surface area (Å²) < 4.78 is 20.6. The molecule has 0 aliphatic carbocycles. The average Bonchev–Trinajstić information content (AvgIpc) is 2.59. The van der Waals surface area contributed by atoms with Crippen LogP contribution >= 0.6 is 11.6 Å². The number of rotatable bonds is 6. The predicted octanol–water partition coefficient (Wildman–Crippen LogP) is 5.94. The molecule has 0 N–H and O–H groups in total. The van der Waals surface area contributed by atoms with Crippen molar-refractivity contribution < 1.29 is 18.7 Å². The molecule has 0 fully saturated rings. The van der Waals surface area contributed by atoms with E-state index in [0.717, 1.165) is 0 Å². The zero-order valence-electron chi connectivity index (χ0n) is 16.0. The molecule has 0 heterocycles. The fourth-order valence-corrected chi connectivity index (χ4v) is 3.12. The van der Waals surface area contributed by atoms with Gasteiger partial charge in [0.25, 0.3) is 0 Å². The smallest absolute Gasteiger partial charge is 0.306 e. The molecule has 1 atom stereocenters. The molecular weight excluding hydrogens is 367 g/mol. The number of hydrogen-bond acceptors (Lipinski definition) is 3. The Morgan fingerprint density at radius 1 is 1.11 bits per heavy atom. The van der Waals surface area contributed by atoms with Crippen LogP contribution in [0.4, 0.5) is 4.39 Å². The van der Waals surface area contributed by atoms with Crippen LogP contribution in [-0.2, 0) is 9.53 Å². The topological polar surface area (TPSA) is 43.4 Å². The second-order valence-electron chi connectivity index (χ2n) is 7.42. The molecule has 144 valence electrons. The fraction of sp³-hybridized carbons (Fsp3) is 0.364. The summed E-state index contributed by atoms with van der Waals surface area (Å²) in [4.78, 5) is 24.9. The van der Waals surface area contributed by atoms with E-state index in [1.54, 1.807) is 51.1 Å². The van der Waals surface area contributed by atoms with Crippen molar-refractivity contribution in [2.24, 2.45) is 0 Å². The lowest BCUT2D eigenvalue weighted by molar-refractivity contribution is -0.155. The Hall–Kier alpha value is -2.20. The number of carbonyl (C=O) groups excluding carboxylic acids is 2. The Morgan fingerprint density at radius 2 is 1.74 bits per heavy atom. The molecule has 0 aromatic heterocycles. The number of halogens is 2. The van der Waals surface area contributed by atoms with Gasteiger partial charge in [-0.25, -0.2) is 4.39 Å². The van der Waals surface area contributed by atoms with Crippen LogP contribution in [0.2, 0.25) is 5.02 Å². The lowest BCUT2D eigenvalue weighted by Crippen LogP contribution is -2.25. The summed E-state index contributed by atoms with van der Waals surface area (Å²) in [6, 6.07) is 11.5. The SMILES string of the molecule is CC[C@@H](CC(=O)OC(C)(C)C)c1ccc(Cl)c(C(=O)c2ccccc2)c1F. The van der Waals surface area contributed by atoms with E-state index in [-0.39, 0.29) is 17.0 Å². The van der Waals surface area contributed by atoms with Crippen LogP contribution in [0, 0.1) is 5.82 Å². The Bertz CT molecular complexity index is 825. The van der Waals surface area contributed by atoms with Gasteiger partial charge in [0.15, 0.2) is 5.78 Å². The fourth-order valence-electron chi connectivity index (χ4n) is 2.88. The maximum atomic E-state index is 15.2. The van der Waals surface area contributed by atoms with Gasteiger partial charge in [-0.15, -0.1) is 0 Å². The molecule has 0 saturated carbocycles. The Morgan fingerprint density at radius 3 is 2.30 bits per heavy atom. The lowest BCUT2D eigenvalue weighted by Gasteiger charge is -2.22. The van der Waals surface area contributed by atoms with Crippen LogP contribution in [0.3, 0.4) is 0 Å². The van der Waals surface area contributed by atoms with Gasteiger partial charge in [0.1, 0.15) is 11.4 Å². The maximum absolute atomic E-state index is 15.2. The van der Waals surface area contributed by atoms with Crippen molar-refractivity contribution in [3.05, 3.63) is 70.0 Å². The third-order valence-corrected chi connectivity index (χ3v) is 4.46. The van der Waals surface area contributed by atoms with Crippen molar-refractivity contribution in [2.75, 3.05) is 0 Å². The van der Waals surface area contributed by atoms with Gasteiger partial charge in [-0.2, -0.15) is 0 Å². The molecule has 2 rings (SSSR count). The standard InChI is InChI=1S/C22H24ClFO3/c1-5-14(13-18(25)27-22(2,3)4)16-11-12-17(23)19(20(16)24)21(26)15-9-7-6-8-10-15/h6-12,14H,5,13H2,1-4H3/t14-/m0/s1. The third kappa shape index (κ3) is 5.39. The van der Waals surface area contributed by atoms with Crippen molar-refractivity contribution in [1.29, 1.82) is 0 Å². The summed E-state index contributed by atoms with van der Waals surface area (Å²) in [5, 5.41) is 0.0530. The van der Waals surface area contributed by atoms with Crippen molar-refractivity contribution >= 4 is 23.4 Å². The highest BCUT2D eigenvalue weighted by Gasteiger charge is 2.26. The van der Waals surface area contributed by atoms with Gasteiger partial charge in [-0.1, -0.05) is 54.9 Å². The summed E-state index contributed by atoms with van der Waals surface area (Å²) in [7, 11) is 0. The maximum Gasteiger partial charge on any atom is 0.306 e. The molecule has 0 bridgehead atoms. The Balaban J connectivity index is 2.37. The van der Waals surface area contributed by atoms with Crippen molar-refractivity contribution in [3.63, 3.8) is 0 Å². The van der Waals surface area contributed by atoms with Crippen LogP contribution in [0.5, 0.6) is 0 Å². The van der Waals surface area contributed by atoms with Gasteiger partial charge in [0, 0.05) is 5.56 Å². The molecule has 3 nitrogen and oxygen atoms in total. The highest BCUT2D eigenvalue weighted by atomic mass is 35.5. The van der Waals surface area contributed by atoms with Crippen LogP contribution in [0.15, 0.2) is 42.5 Å². The molecule has 0 unspecified atom stereocenters. The quantitative estimate of drug-likeness (QED) is 0.453. The number of ether oxygens (including phenoxy) is 1.